The molecule has 0 unspecified atom stereocenters. The molecule has 0 nitrogen and oxygen atoms in total. The smallest absolute Gasteiger partial charge is 0.280 e. The fourth-order valence-corrected chi connectivity index (χ4v) is 16.6. The average Bonchev–Trinajstić information content (AvgIpc) is 1.56. The van der Waals surface area contributed by atoms with Crippen LogP contribution < -0.4 is 0 Å². The van der Waals surface area contributed by atoms with E-state index in [1.807, 2.05) is 44.2 Å². The molecule has 3 aliphatic carbocycles. The zero-order valence-corrected chi connectivity index (χ0v) is 82.7. The first-order valence-electron chi connectivity index (χ1n) is 39.5. The molecule has 0 bridgehead atoms. The van der Waals surface area contributed by atoms with Gasteiger partial charge in [-0.1, -0.05) is 267 Å². The molecule has 0 amide bonds. The fourth-order valence-electron chi connectivity index (χ4n) is 16.6. The standard InChI is InChI=1S/C18H16.C17H14.C16H16.2C16H14.C15H14.C14H12.8V/c1-11-7-13-3-5-15-9-12(2)10-16-6-4-14(8-11)17(13)18(15)16;1-11-4-7-16-14(9-11)5-6-15-10-12(2)8-13(3)17(15)16;2*1-11-3-7-15-13(9-11)5-6-14-10-12(2)4-8-16(14)15;1-11-5-7-15(13(3)9-11)16-8-6-12(2)10-14(16)4;1-10-3-5-14-12(7-10)9-13-8-11(2)4-6-15(13)14;1-11-3-7-13(8-4-11)14-9-5-12(2)6-10-14;;;;;;;;/h3,5,7-10H,4,6H2,1-2H3;4-6,8-10H,3H2,1-2H3;3-4,7-10H,5-6H2,1-2H3;3-10H,1-2H3;5-6,9-10H,3-4H2,1-2H3;3-8H,9H2,1-2H3;3-7,9H,1-2H3;;;;;;;;/q;-2;;;-4;;-2;;;;;4*+2. The first-order valence-corrected chi connectivity index (χ1v) is 39.5. The van der Waals surface area contributed by atoms with Crippen molar-refractivity contribution >= 4 is 64.6 Å². The van der Waals surface area contributed by atoms with Crippen molar-refractivity contribution in [2.24, 2.45) is 0 Å². The molecule has 0 saturated heterocycles. The predicted octanol–water partition coefficient (Wildman–Crippen LogP) is 29.3. The molecule has 0 saturated carbocycles. The second-order valence-electron chi connectivity index (χ2n) is 31.9. The summed E-state index contributed by atoms with van der Waals surface area (Å²) in [7, 11) is 0. The van der Waals surface area contributed by atoms with Crippen LogP contribution in [0.2, 0.25) is 0 Å². The fraction of sp³-hybridized carbons (Fsp3) is 0.170. The van der Waals surface area contributed by atoms with Crippen molar-refractivity contribution < 1.29 is 148 Å². The molecule has 3 aliphatic rings. The Morgan fingerprint density at radius 1 is 0.217 bits per heavy atom. The first-order chi connectivity index (χ1) is 53.9. The van der Waals surface area contributed by atoms with Crippen LogP contribution in [-0.2, 0) is 181 Å². The molecule has 0 spiro atoms. The van der Waals surface area contributed by atoms with Gasteiger partial charge in [-0.15, -0.1) is 56.6 Å². The van der Waals surface area contributed by atoms with Crippen molar-refractivity contribution in [3.8, 4) is 44.5 Å². The molecule has 0 atom stereocenters. The zero-order chi connectivity index (χ0) is 78.6. The monoisotopic (exact) mass is 1850 g/mol. The van der Waals surface area contributed by atoms with Gasteiger partial charge in [-0.3, -0.25) is 22.3 Å². The first kappa shape index (κ1) is 101. The number of benzene rings is 17. The Kier molecular flexibility index (Phi) is 38.3. The number of hydrogen-bond acceptors (Lipinski definition) is 0. The molecule has 588 valence electrons. The van der Waals surface area contributed by atoms with Crippen LogP contribution in [0.5, 0.6) is 0 Å². The van der Waals surface area contributed by atoms with Crippen molar-refractivity contribution in [1.82, 2.24) is 0 Å². The Morgan fingerprint density at radius 2 is 0.492 bits per heavy atom. The summed E-state index contributed by atoms with van der Waals surface area (Å²) < 4.78 is 0. The van der Waals surface area contributed by atoms with Gasteiger partial charge in [-0.25, -0.2) is 43.2 Å². The maximum Gasteiger partial charge on any atom is 2.00 e. The van der Waals surface area contributed by atoms with Crippen molar-refractivity contribution in [3.05, 3.63) is 434 Å². The minimum atomic E-state index is 0. The maximum atomic E-state index is 4.16. The summed E-state index contributed by atoms with van der Waals surface area (Å²) in [5.41, 5.74) is 40.2. The Hall–Kier alpha value is -7.41. The van der Waals surface area contributed by atoms with E-state index in [9.17, 15) is 0 Å². The Labute approximate surface area is 811 Å². The van der Waals surface area contributed by atoms with Crippen molar-refractivity contribution in [3.63, 3.8) is 0 Å². The van der Waals surface area contributed by atoms with E-state index in [2.05, 4.69) is 359 Å². The normalized spacial score (nSPS) is 11.0. The molecule has 0 N–H and O–H groups in total. The molecule has 8 heteroatoms. The van der Waals surface area contributed by atoms with Crippen LogP contribution in [0.1, 0.15) is 128 Å². The van der Waals surface area contributed by atoms with E-state index in [0.717, 1.165) is 45.4 Å². The summed E-state index contributed by atoms with van der Waals surface area (Å²) in [4.78, 5) is 0. The molecular weight excluding hydrogens is 1750 g/mol. The number of aryl methyl sites for hydroxylation is 18. The van der Waals surface area contributed by atoms with E-state index < -0.39 is 0 Å². The van der Waals surface area contributed by atoms with E-state index in [1.165, 1.54) is 224 Å². The van der Waals surface area contributed by atoms with Crippen LogP contribution >= 0.6 is 0 Å². The minimum absolute atomic E-state index is 0. The molecule has 17 aromatic rings. The van der Waals surface area contributed by atoms with Crippen LogP contribution in [0.15, 0.2) is 255 Å². The van der Waals surface area contributed by atoms with Gasteiger partial charge in [0.05, 0.1) is 0 Å². The quantitative estimate of drug-likeness (QED) is 0.120. The van der Waals surface area contributed by atoms with Gasteiger partial charge in [-0.2, -0.15) is 96.4 Å². The topological polar surface area (TPSA) is 0 Å². The van der Waals surface area contributed by atoms with Crippen LogP contribution in [0.4, 0.5) is 0 Å². The Balaban J connectivity index is 0.000000215. The molecule has 8 radical (unpaired) electrons. The van der Waals surface area contributed by atoms with Gasteiger partial charge in [-0.05, 0) is 186 Å². The van der Waals surface area contributed by atoms with Crippen LogP contribution in [-0.4, -0.2) is 0 Å². The van der Waals surface area contributed by atoms with Crippen molar-refractivity contribution in [1.29, 1.82) is 0 Å². The third-order valence-corrected chi connectivity index (χ3v) is 22.0. The summed E-state index contributed by atoms with van der Waals surface area (Å²) in [5.74, 6) is 0. The van der Waals surface area contributed by atoms with E-state index >= 15 is 0 Å². The van der Waals surface area contributed by atoms with E-state index in [1.54, 1.807) is 0 Å². The van der Waals surface area contributed by atoms with Gasteiger partial charge in [0.25, 0.3) is 0 Å². The maximum absolute atomic E-state index is 4.16. The Morgan fingerprint density at radius 3 is 0.883 bits per heavy atom. The van der Waals surface area contributed by atoms with E-state index in [-0.39, 0.29) is 148 Å². The van der Waals surface area contributed by atoms with Crippen LogP contribution in [0.25, 0.3) is 109 Å². The number of fused-ring (bicyclic) bond motifs is 12. The number of hydrogen-bond donors (Lipinski definition) is 0. The molecule has 0 aromatic heterocycles. The molecule has 0 aliphatic heterocycles. The summed E-state index contributed by atoms with van der Waals surface area (Å²) in [6, 6.07) is 109. The van der Waals surface area contributed by atoms with Gasteiger partial charge < -0.3 is 0 Å². The Bertz CT molecular complexity index is 6090. The van der Waals surface area contributed by atoms with Gasteiger partial charge >= 0.3 is 74.2 Å². The summed E-state index contributed by atoms with van der Waals surface area (Å²) >= 11 is 0. The van der Waals surface area contributed by atoms with Crippen LogP contribution in [0, 0.1) is 148 Å². The van der Waals surface area contributed by atoms with Crippen molar-refractivity contribution in [2.75, 3.05) is 0 Å². The zero-order valence-electron chi connectivity index (χ0n) is 71.5. The van der Waals surface area contributed by atoms with E-state index in [0.29, 0.717) is 0 Å². The second-order valence-corrected chi connectivity index (χ2v) is 31.9. The molecule has 17 aromatic carbocycles. The summed E-state index contributed by atoms with van der Waals surface area (Å²) in [6.45, 7) is 42.0. The van der Waals surface area contributed by atoms with Gasteiger partial charge in [0.2, 0.25) is 0 Å². The second kappa shape index (κ2) is 45.3. The molecule has 120 heavy (non-hydrogen) atoms. The molecular formula is C112H100V8. The van der Waals surface area contributed by atoms with E-state index in [4.69, 9.17) is 0 Å². The summed E-state index contributed by atoms with van der Waals surface area (Å²) in [5, 5.41) is 16.1. The minimum Gasteiger partial charge on any atom is -0.280 e. The van der Waals surface area contributed by atoms with Gasteiger partial charge in [0, 0.05) is 74.2 Å². The predicted molar refractivity (Wildman–Crippen MR) is 483 cm³/mol. The average molecular weight is 1850 g/mol. The SMILES string of the molecule is Cc1c[c-]c(-c2[c-]cc(C)cc2)cc1.Cc1cc2c3c(ccc4cc(C)cc(c43)CC2)c1.Cc1ccc2c(c1)CCc1cc(C)ccc1-2.Cc1ccc2c(c1)Cc1cc(C)ccc1-2.Cc1ccc2c(ccc3cc(C)ccc32)c1.[CH2-]c1cc(C)c[c-]c1-c1[c-]cc(C)cc1[CH2-].[CH2-]c1cc(C)cc2ccc3cc(C)c[c-]c3c12.[V+2].[V+2].[V+2].[V+2].[V].[V].[V].[V]. The molecule has 0 fully saturated rings. The largest absolute Gasteiger partial charge is 2.00 e. The van der Waals surface area contributed by atoms with Gasteiger partial charge in [0.1, 0.15) is 0 Å². The summed E-state index contributed by atoms with van der Waals surface area (Å²) in [6.07, 6.45) is 5.86. The van der Waals surface area contributed by atoms with Gasteiger partial charge in [0.15, 0.2) is 0 Å². The van der Waals surface area contributed by atoms with Crippen molar-refractivity contribution in [2.45, 2.75) is 129 Å². The molecule has 0 heterocycles. The molecule has 20 rings (SSSR count). The third-order valence-electron chi connectivity index (χ3n) is 22.0. The third kappa shape index (κ3) is 24.1. The van der Waals surface area contributed by atoms with Crippen LogP contribution in [0.3, 0.4) is 0 Å². The number of rotatable bonds is 2.